The fourth-order valence-electron chi connectivity index (χ4n) is 3.49. The van der Waals surface area contributed by atoms with Crippen molar-refractivity contribution in [1.82, 2.24) is 4.90 Å². The number of benzene rings is 3. The number of halogens is 1. The molecule has 0 aliphatic carbocycles. The predicted octanol–water partition coefficient (Wildman–Crippen LogP) is 6.72. The maximum absolute atomic E-state index is 13.0. The fraction of sp³-hybridized carbons (Fsp3) is 0.179. The van der Waals surface area contributed by atoms with Gasteiger partial charge in [-0.15, -0.1) is 0 Å². The molecular formula is C28H25ClN2O4S. The summed E-state index contributed by atoms with van der Waals surface area (Å²) >= 11 is 7.49. The first kappa shape index (κ1) is 25.5. The number of amides is 1. The van der Waals surface area contributed by atoms with Gasteiger partial charge in [-0.25, -0.2) is 9.79 Å². The SMILES string of the molecule is CCOC(=O)c1cccc(N=C2SC(=Cc3ccc(OCc4ccccc4Cl)cc3)C(=O)N2CC)c1. The number of esters is 1. The van der Waals surface area contributed by atoms with Crippen molar-refractivity contribution >= 4 is 52.2 Å². The zero-order valence-electron chi connectivity index (χ0n) is 19.9. The van der Waals surface area contributed by atoms with Gasteiger partial charge < -0.3 is 9.47 Å². The molecule has 4 rings (SSSR count). The Hall–Kier alpha value is -3.55. The second kappa shape index (κ2) is 11.9. The number of hydrogen-bond donors (Lipinski definition) is 0. The minimum atomic E-state index is -0.401. The molecule has 0 unspecified atom stereocenters. The smallest absolute Gasteiger partial charge is 0.338 e. The summed E-state index contributed by atoms with van der Waals surface area (Å²) in [6, 6.07) is 22.0. The molecule has 1 fully saturated rings. The molecule has 1 aliphatic rings. The zero-order valence-corrected chi connectivity index (χ0v) is 21.5. The summed E-state index contributed by atoms with van der Waals surface area (Å²) in [6.07, 6.45) is 1.84. The zero-order chi connectivity index (χ0) is 25.5. The van der Waals surface area contributed by atoms with Crippen molar-refractivity contribution in [1.29, 1.82) is 0 Å². The van der Waals surface area contributed by atoms with E-state index in [9.17, 15) is 9.59 Å². The van der Waals surface area contributed by atoms with Crippen molar-refractivity contribution < 1.29 is 19.1 Å². The number of amidine groups is 1. The predicted molar refractivity (Wildman–Crippen MR) is 145 cm³/mol. The van der Waals surface area contributed by atoms with E-state index in [0.29, 0.717) is 51.9 Å². The second-order valence-corrected chi connectivity index (χ2v) is 9.19. The number of hydrogen-bond acceptors (Lipinski definition) is 6. The molecule has 6 nitrogen and oxygen atoms in total. The van der Waals surface area contributed by atoms with Gasteiger partial charge in [0.05, 0.1) is 22.8 Å². The molecule has 8 heteroatoms. The van der Waals surface area contributed by atoms with Crippen LogP contribution in [0.1, 0.15) is 35.3 Å². The third-order valence-electron chi connectivity index (χ3n) is 5.32. The number of carbonyl (C=O) groups is 2. The lowest BCUT2D eigenvalue weighted by molar-refractivity contribution is -0.122. The molecule has 36 heavy (non-hydrogen) atoms. The van der Waals surface area contributed by atoms with Gasteiger partial charge in [0.15, 0.2) is 5.17 Å². The number of likely N-dealkylation sites (N-methyl/N-ethyl adjacent to an activating group) is 1. The molecule has 0 N–H and O–H groups in total. The van der Waals surface area contributed by atoms with Gasteiger partial charge in [-0.3, -0.25) is 9.69 Å². The van der Waals surface area contributed by atoms with Gasteiger partial charge in [0, 0.05) is 17.1 Å². The van der Waals surface area contributed by atoms with Crippen LogP contribution in [0.5, 0.6) is 5.75 Å². The Morgan fingerprint density at radius 2 is 1.83 bits per heavy atom. The maximum Gasteiger partial charge on any atom is 0.338 e. The van der Waals surface area contributed by atoms with Gasteiger partial charge in [0.25, 0.3) is 5.91 Å². The Bertz CT molecular complexity index is 1320. The van der Waals surface area contributed by atoms with Crippen LogP contribution in [0.15, 0.2) is 82.7 Å². The summed E-state index contributed by atoms with van der Waals surface area (Å²) in [5.74, 6) is 0.199. The average Bonchev–Trinajstić information content (AvgIpc) is 3.18. The highest BCUT2D eigenvalue weighted by molar-refractivity contribution is 8.18. The van der Waals surface area contributed by atoms with Crippen molar-refractivity contribution in [3.8, 4) is 5.75 Å². The summed E-state index contributed by atoms with van der Waals surface area (Å²) < 4.78 is 10.9. The van der Waals surface area contributed by atoms with Crippen LogP contribution >= 0.6 is 23.4 Å². The molecule has 0 spiro atoms. The molecule has 1 saturated heterocycles. The standard InChI is InChI=1S/C28H25ClN2O4S/c1-3-31-26(32)25(36-28(31)30-22-10-7-9-20(17-22)27(33)34-4-2)16-19-12-14-23(15-13-19)35-18-21-8-5-6-11-24(21)29/h5-17H,3-4,18H2,1-2H3. The number of thioether (sulfide) groups is 1. The van der Waals surface area contributed by atoms with Gasteiger partial charge in [0.1, 0.15) is 12.4 Å². The highest BCUT2D eigenvalue weighted by atomic mass is 35.5. The first-order valence-corrected chi connectivity index (χ1v) is 12.7. The Morgan fingerprint density at radius 1 is 1.06 bits per heavy atom. The number of carbonyl (C=O) groups excluding carboxylic acids is 2. The van der Waals surface area contributed by atoms with Crippen molar-refractivity contribution in [2.24, 2.45) is 4.99 Å². The van der Waals surface area contributed by atoms with Crippen molar-refractivity contribution in [2.75, 3.05) is 13.2 Å². The second-order valence-electron chi connectivity index (χ2n) is 7.77. The Kier molecular flexibility index (Phi) is 8.46. The molecule has 1 aliphatic heterocycles. The summed E-state index contributed by atoms with van der Waals surface area (Å²) in [5.41, 5.74) is 2.79. The summed E-state index contributed by atoms with van der Waals surface area (Å²) in [5, 5.41) is 1.23. The van der Waals surface area contributed by atoms with E-state index >= 15 is 0 Å². The van der Waals surface area contributed by atoms with Crippen LogP contribution in [0, 0.1) is 0 Å². The van der Waals surface area contributed by atoms with Crippen molar-refractivity contribution in [2.45, 2.75) is 20.5 Å². The Morgan fingerprint density at radius 3 is 2.56 bits per heavy atom. The van der Waals surface area contributed by atoms with E-state index in [1.807, 2.05) is 61.5 Å². The van der Waals surface area contributed by atoms with Crippen molar-refractivity contribution in [3.63, 3.8) is 0 Å². The Balaban J connectivity index is 1.48. The van der Waals surface area contributed by atoms with Gasteiger partial charge in [-0.05, 0) is 73.6 Å². The molecule has 3 aromatic rings. The van der Waals surface area contributed by atoms with E-state index in [4.69, 9.17) is 21.1 Å². The number of nitrogens with zero attached hydrogens (tertiary/aromatic N) is 2. The third kappa shape index (κ3) is 6.17. The highest BCUT2D eigenvalue weighted by Crippen LogP contribution is 2.34. The maximum atomic E-state index is 13.0. The minimum absolute atomic E-state index is 0.109. The van der Waals surface area contributed by atoms with Crippen LogP contribution in [0.4, 0.5) is 5.69 Å². The lowest BCUT2D eigenvalue weighted by atomic mass is 10.2. The van der Waals surface area contributed by atoms with Gasteiger partial charge in [-0.1, -0.05) is 48.0 Å². The van der Waals surface area contributed by atoms with E-state index in [0.717, 1.165) is 11.1 Å². The van der Waals surface area contributed by atoms with Gasteiger partial charge in [-0.2, -0.15) is 0 Å². The molecule has 0 saturated carbocycles. The summed E-state index contributed by atoms with van der Waals surface area (Å²) in [7, 11) is 0. The summed E-state index contributed by atoms with van der Waals surface area (Å²) in [4.78, 5) is 31.9. The molecule has 0 aromatic heterocycles. The normalized spacial score (nSPS) is 15.5. The molecule has 3 aromatic carbocycles. The largest absolute Gasteiger partial charge is 0.489 e. The van der Waals surface area contributed by atoms with Crippen LogP contribution < -0.4 is 4.74 Å². The average molecular weight is 521 g/mol. The first-order valence-electron chi connectivity index (χ1n) is 11.5. The number of aliphatic imine (C=N–C) groups is 1. The Labute approximate surface area is 219 Å². The molecule has 1 amide bonds. The van der Waals surface area contributed by atoms with E-state index < -0.39 is 5.97 Å². The molecule has 1 heterocycles. The molecule has 184 valence electrons. The monoisotopic (exact) mass is 520 g/mol. The number of rotatable bonds is 8. The van der Waals surface area contributed by atoms with E-state index in [1.165, 1.54) is 11.8 Å². The van der Waals surface area contributed by atoms with Gasteiger partial charge >= 0.3 is 5.97 Å². The first-order chi connectivity index (χ1) is 17.5. The molecular weight excluding hydrogens is 496 g/mol. The van der Waals surface area contributed by atoms with Crippen LogP contribution in [-0.2, 0) is 16.1 Å². The number of ether oxygens (including phenoxy) is 2. The van der Waals surface area contributed by atoms with Crippen molar-refractivity contribution in [3.05, 3.63) is 99.4 Å². The van der Waals surface area contributed by atoms with Crippen LogP contribution in [0.25, 0.3) is 6.08 Å². The third-order valence-corrected chi connectivity index (χ3v) is 6.69. The summed E-state index contributed by atoms with van der Waals surface area (Å²) in [6.45, 7) is 4.81. The van der Waals surface area contributed by atoms with Crippen LogP contribution in [-0.4, -0.2) is 35.1 Å². The molecule has 0 radical (unpaired) electrons. The highest BCUT2D eigenvalue weighted by Gasteiger charge is 2.32. The quantitative estimate of drug-likeness (QED) is 0.243. The lowest BCUT2D eigenvalue weighted by Crippen LogP contribution is -2.28. The fourth-order valence-corrected chi connectivity index (χ4v) is 4.74. The minimum Gasteiger partial charge on any atom is -0.489 e. The topological polar surface area (TPSA) is 68.2 Å². The molecule has 0 bridgehead atoms. The van der Waals surface area contributed by atoms with E-state index in [-0.39, 0.29) is 5.91 Å². The van der Waals surface area contributed by atoms with Gasteiger partial charge in [0.2, 0.25) is 0 Å². The van der Waals surface area contributed by atoms with E-state index in [2.05, 4.69) is 4.99 Å². The van der Waals surface area contributed by atoms with E-state index in [1.54, 1.807) is 36.1 Å². The lowest BCUT2D eigenvalue weighted by Gasteiger charge is -2.12. The molecule has 0 atom stereocenters. The van der Waals surface area contributed by atoms with Crippen LogP contribution in [0.2, 0.25) is 5.02 Å². The van der Waals surface area contributed by atoms with Crippen LogP contribution in [0.3, 0.4) is 0 Å².